The van der Waals surface area contributed by atoms with Crippen LogP contribution in [-0.2, 0) is 11.2 Å². The van der Waals surface area contributed by atoms with Crippen LogP contribution in [0.5, 0.6) is 5.75 Å². The van der Waals surface area contributed by atoms with Crippen LogP contribution < -0.4 is 10.1 Å². The molecule has 0 spiro atoms. The van der Waals surface area contributed by atoms with E-state index in [9.17, 15) is 9.90 Å². The molecular weight excluding hydrogens is 278 g/mol. The highest BCUT2D eigenvalue weighted by Gasteiger charge is 2.38. The molecule has 1 aliphatic carbocycles. The third kappa shape index (κ3) is 4.23. The molecule has 4 heteroatoms. The van der Waals surface area contributed by atoms with Crippen LogP contribution in [0, 0.1) is 5.41 Å². The Kier molecular flexibility index (Phi) is 5.46. The average molecular weight is 305 g/mol. The van der Waals surface area contributed by atoms with Crippen molar-refractivity contribution in [2.24, 2.45) is 5.41 Å². The number of ether oxygens (including phenoxy) is 1. The number of aliphatic hydroxyl groups excluding tert-OH is 1. The molecule has 22 heavy (non-hydrogen) atoms. The van der Waals surface area contributed by atoms with Crippen molar-refractivity contribution in [2.45, 2.75) is 58.6 Å². The van der Waals surface area contributed by atoms with Crippen molar-refractivity contribution in [3.8, 4) is 5.75 Å². The molecule has 2 N–H and O–H groups in total. The van der Waals surface area contributed by atoms with Gasteiger partial charge in [-0.1, -0.05) is 25.5 Å². The first kappa shape index (κ1) is 16.8. The van der Waals surface area contributed by atoms with E-state index in [2.05, 4.69) is 5.32 Å². The van der Waals surface area contributed by atoms with Crippen molar-refractivity contribution >= 4 is 5.91 Å². The lowest BCUT2D eigenvalue weighted by Crippen LogP contribution is -2.45. The van der Waals surface area contributed by atoms with Crippen molar-refractivity contribution in [1.82, 2.24) is 5.32 Å². The molecule has 0 radical (unpaired) electrons. The van der Waals surface area contributed by atoms with E-state index in [1.165, 1.54) is 0 Å². The maximum Gasteiger partial charge on any atom is 0.224 e. The molecule has 0 aromatic heterocycles. The number of hydrogen-bond donors (Lipinski definition) is 2. The van der Waals surface area contributed by atoms with Crippen LogP contribution in [0.25, 0.3) is 0 Å². The van der Waals surface area contributed by atoms with E-state index < -0.39 is 0 Å². The highest BCUT2D eigenvalue weighted by atomic mass is 16.5. The molecule has 2 rings (SSSR count). The fraction of sp³-hybridized carbons (Fsp3) is 0.611. The van der Waals surface area contributed by atoms with Crippen molar-refractivity contribution in [3.63, 3.8) is 0 Å². The topological polar surface area (TPSA) is 58.6 Å². The second-order valence-electron chi connectivity index (χ2n) is 6.82. The first-order valence-corrected chi connectivity index (χ1v) is 8.09. The summed E-state index contributed by atoms with van der Waals surface area (Å²) in [4.78, 5) is 12.3. The van der Waals surface area contributed by atoms with Gasteiger partial charge < -0.3 is 15.2 Å². The SMILES string of the molecule is CC(C)Oc1cccc(CC(=O)NC2CCCC2(C)CO)c1. The summed E-state index contributed by atoms with van der Waals surface area (Å²) >= 11 is 0. The third-order valence-corrected chi connectivity index (χ3v) is 4.41. The number of rotatable bonds is 6. The molecule has 1 aromatic rings. The zero-order valence-corrected chi connectivity index (χ0v) is 13.8. The van der Waals surface area contributed by atoms with Crippen LogP contribution >= 0.6 is 0 Å². The Morgan fingerprint density at radius 3 is 2.95 bits per heavy atom. The average Bonchev–Trinajstić information content (AvgIpc) is 2.80. The minimum absolute atomic E-state index is 0.00766. The van der Waals surface area contributed by atoms with E-state index in [-0.39, 0.29) is 30.1 Å². The smallest absolute Gasteiger partial charge is 0.224 e. The number of aliphatic hydroxyl groups is 1. The molecule has 0 saturated heterocycles. The quantitative estimate of drug-likeness (QED) is 0.849. The summed E-state index contributed by atoms with van der Waals surface area (Å²) in [6.07, 6.45) is 3.42. The van der Waals surface area contributed by atoms with Crippen LogP contribution in [0.15, 0.2) is 24.3 Å². The fourth-order valence-electron chi connectivity index (χ4n) is 3.10. The van der Waals surface area contributed by atoms with E-state index in [4.69, 9.17) is 4.74 Å². The van der Waals surface area contributed by atoms with Gasteiger partial charge in [0.1, 0.15) is 5.75 Å². The number of hydrogen-bond acceptors (Lipinski definition) is 3. The second-order valence-corrected chi connectivity index (χ2v) is 6.82. The van der Waals surface area contributed by atoms with Gasteiger partial charge in [0.25, 0.3) is 0 Å². The predicted molar refractivity (Wildman–Crippen MR) is 86.9 cm³/mol. The van der Waals surface area contributed by atoms with Gasteiger partial charge in [-0.3, -0.25) is 4.79 Å². The van der Waals surface area contributed by atoms with Crippen LogP contribution in [0.3, 0.4) is 0 Å². The zero-order chi connectivity index (χ0) is 16.2. The van der Waals surface area contributed by atoms with Gasteiger partial charge in [0.15, 0.2) is 0 Å². The molecule has 2 unspecified atom stereocenters. The lowest BCUT2D eigenvalue weighted by Gasteiger charge is -2.30. The highest BCUT2D eigenvalue weighted by molar-refractivity contribution is 5.79. The summed E-state index contributed by atoms with van der Waals surface area (Å²) in [5.41, 5.74) is 0.762. The van der Waals surface area contributed by atoms with Crippen LogP contribution in [0.1, 0.15) is 45.6 Å². The first-order chi connectivity index (χ1) is 10.4. The normalized spacial score (nSPS) is 24.5. The molecule has 1 aromatic carbocycles. The molecule has 1 fully saturated rings. The maximum absolute atomic E-state index is 12.3. The molecule has 1 aliphatic rings. The summed E-state index contributed by atoms with van der Waals surface area (Å²) in [6.45, 7) is 6.13. The lowest BCUT2D eigenvalue weighted by molar-refractivity contribution is -0.122. The van der Waals surface area contributed by atoms with Crippen molar-refractivity contribution in [3.05, 3.63) is 29.8 Å². The summed E-state index contributed by atoms with van der Waals surface area (Å²) < 4.78 is 5.66. The highest BCUT2D eigenvalue weighted by Crippen LogP contribution is 2.37. The summed E-state index contributed by atoms with van der Waals surface area (Å²) in [6, 6.07) is 7.74. The zero-order valence-electron chi connectivity index (χ0n) is 13.8. The molecule has 2 atom stereocenters. The maximum atomic E-state index is 12.3. The molecule has 1 amide bonds. The van der Waals surface area contributed by atoms with Crippen LogP contribution in [0.4, 0.5) is 0 Å². The van der Waals surface area contributed by atoms with E-state index in [1.54, 1.807) is 0 Å². The van der Waals surface area contributed by atoms with Crippen molar-refractivity contribution in [2.75, 3.05) is 6.61 Å². The number of carbonyl (C=O) groups is 1. The van der Waals surface area contributed by atoms with Gasteiger partial charge in [0, 0.05) is 11.5 Å². The van der Waals surface area contributed by atoms with Crippen LogP contribution in [0.2, 0.25) is 0 Å². The summed E-state index contributed by atoms with van der Waals surface area (Å²) in [5.74, 6) is 0.801. The fourth-order valence-corrected chi connectivity index (χ4v) is 3.10. The van der Waals surface area contributed by atoms with Gasteiger partial charge in [-0.2, -0.15) is 0 Å². The summed E-state index contributed by atoms with van der Waals surface area (Å²) in [5, 5.41) is 12.6. The van der Waals surface area contributed by atoms with Gasteiger partial charge in [0.2, 0.25) is 5.91 Å². The molecule has 4 nitrogen and oxygen atoms in total. The van der Waals surface area contributed by atoms with Gasteiger partial charge in [-0.05, 0) is 44.4 Å². The van der Waals surface area contributed by atoms with E-state index in [1.807, 2.05) is 45.0 Å². The van der Waals surface area contributed by atoms with Gasteiger partial charge >= 0.3 is 0 Å². The van der Waals surface area contributed by atoms with E-state index in [0.29, 0.717) is 6.42 Å². The molecule has 1 saturated carbocycles. The number of benzene rings is 1. The van der Waals surface area contributed by atoms with Crippen LogP contribution in [-0.4, -0.2) is 29.8 Å². The Balaban J connectivity index is 1.95. The minimum atomic E-state index is -0.182. The third-order valence-electron chi connectivity index (χ3n) is 4.41. The second kappa shape index (κ2) is 7.14. The van der Waals surface area contributed by atoms with E-state index >= 15 is 0 Å². The first-order valence-electron chi connectivity index (χ1n) is 8.09. The monoisotopic (exact) mass is 305 g/mol. The lowest BCUT2D eigenvalue weighted by atomic mass is 9.85. The number of carbonyl (C=O) groups excluding carboxylic acids is 1. The van der Waals surface area contributed by atoms with Gasteiger partial charge in [0.05, 0.1) is 19.1 Å². The molecule has 122 valence electrons. The Morgan fingerprint density at radius 1 is 1.50 bits per heavy atom. The standard InChI is InChI=1S/C18H27NO3/c1-13(2)22-15-7-4-6-14(10-15)11-17(21)19-16-8-5-9-18(16,3)12-20/h4,6-7,10,13,16,20H,5,8-9,11-12H2,1-3H3,(H,19,21). The van der Waals surface area contributed by atoms with Crippen molar-refractivity contribution in [1.29, 1.82) is 0 Å². The Morgan fingerprint density at radius 2 is 2.27 bits per heavy atom. The largest absolute Gasteiger partial charge is 0.491 e. The Hall–Kier alpha value is -1.55. The number of amides is 1. The van der Waals surface area contributed by atoms with E-state index in [0.717, 1.165) is 30.6 Å². The molecular formula is C18H27NO3. The minimum Gasteiger partial charge on any atom is -0.491 e. The Bertz CT molecular complexity index is 515. The predicted octanol–water partition coefficient (Wildman–Crippen LogP) is 2.68. The van der Waals surface area contributed by atoms with Gasteiger partial charge in [-0.25, -0.2) is 0 Å². The summed E-state index contributed by atoms with van der Waals surface area (Å²) in [7, 11) is 0. The molecule has 0 heterocycles. The number of nitrogens with one attached hydrogen (secondary N) is 1. The molecule has 0 bridgehead atoms. The Labute approximate surface area is 132 Å². The van der Waals surface area contributed by atoms with Crippen molar-refractivity contribution < 1.29 is 14.6 Å². The molecule has 0 aliphatic heterocycles. The van der Waals surface area contributed by atoms with Gasteiger partial charge in [-0.15, -0.1) is 0 Å².